The molecule has 4 nitrogen and oxygen atoms in total. The molecule has 0 aliphatic heterocycles. The molecular weight excluding hydrogens is 737 g/mol. The quantitative estimate of drug-likeness (QED) is 0.137. The van der Waals surface area contributed by atoms with E-state index in [0.717, 1.165) is 77.9 Å². The number of hydrogen-bond donors (Lipinski definition) is 2. The first-order valence-corrected chi connectivity index (χ1v) is 21.5. The summed E-state index contributed by atoms with van der Waals surface area (Å²) in [5, 5.41) is 24.3. The Morgan fingerprint density at radius 2 is 0.767 bits per heavy atom. The molecule has 0 fully saturated rings. The van der Waals surface area contributed by atoms with Crippen LogP contribution in [0.2, 0.25) is 0 Å². The van der Waals surface area contributed by atoms with E-state index >= 15 is 0 Å². The van der Waals surface area contributed by atoms with E-state index in [9.17, 15) is 10.2 Å². The molecule has 6 aromatic rings. The number of para-hydroxylation sites is 2. The molecule has 0 aliphatic rings. The van der Waals surface area contributed by atoms with Crippen molar-refractivity contribution < 1.29 is 19.7 Å². The Kier molecular flexibility index (Phi) is 12.7. The summed E-state index contributed by atoms with van der Waals surface area (Å²) in [6.45, 7) is 31.2. The van der Waals surface area contributed by atoms with Crippen LogP contribution in [0.5, 0.6) is 23.0 Å². The van der Waals surface area contributed by atoms with E-state index < -0.39 is 0 Å². The van der Waals surface area contributed by atoms with Gasteiger partial charge >= 0.3 is 0 Å². The Morgan fingerprint density at radius 1 is 0.450 bits per heavy atom. The molecule has 0 unspecified atom stereocenters. The van der Waals surface area contributed by atoms with Crippen LogP contribution in [0.1, 0.15) is 99.9 Å². The van der Waals surface area contributed by atoms with E-state index in [-0.39, 0.29) is 34.2 Å². The van der Waals surface area contributed by atoms with Crippen molar-refractivity contribution >= 4 is 0 Å². The van der Waals surface area contributed by atoms with Crippen molar-refractivity contribution in [2.24, 2.45) is 11.8 Å². The minimum absolute atomic E-state index is 0.0389. The Morgan fingerprint density at radius 3 is 1.08 bits per heavy atom. The van der Waals surface area contributed by atoms with E-state index in [4.69, 9.17) is 9.47 Å². The lowest BCUT2D eigenvalue weighted by atomic mass is 9.81. The number of ether oxygens (including phenoxy) is 2. The van der Waals surface area contributed by atoms with E-state index in [0.29, 0.717) is 24.7 Å². The second-order valence-electron chi connectivity index (χ2n) is 19.5. The molecule has 6 rings (SSSR count). The summed E-state index contributed by atoms with van der Waals surface area (Å²) in [5.41, 5.74) is 16.0. The number of hydrogen-bond acceptors (Lipinski definition) is 4. The molecule has 0 saturated carbocycles. The standard InChI is InChI=1S/C56H66O4/c1-33(2)40(31-59-49-21-17-15-19-43(49)45-27-41(55(9,10)11)29-47(53(45)57)51-36(5)23-34(3)24-37(51)6)32-60-50-22-18-16-20-44(50)46-28-42(56(12,13)14)30-48(54(46)58)52-38(7)25-35(4)26-39(52)8/h15-30,33,40,57-58H,31-32H2,1-14H3. The number of aryl methyl sites for hydroxylation is 6. The van der Waals surface area contributed by atoms with Gasteiger partial charge in [-0.05, 0) is 139 Å². The topological polar surface area (TPSA) is 58.9 Å². The zero-order chi connectivity index (χ0) is 43.8. The summed E-state index contributed by atoms with van der Waals surface area (Å²) in [6.07, 6.45) is 0. The van der Waals surface area contributed by atoms with Crippen LogP contribution in [-0.4, -0.2) is 23.4 Å². The zero-order valence-corrected chi connectivity index (χ0v) is 38.5. The number of aromatic hydroxyl groups is 2. The number of phenols is 2. The van der Waals surface area contributed by atoms with E-state index in [2.05, 4.69) is 145 Å². The molecule has 0 saturated heterocycles. The normalized spacial score (nSPS) is 12.1. The monoisotopic (exact) mass is 802 g/mol. The van der Waals surface area contributed by atoms with Crippen molar-refractivity contribution in [1.29, 1.82) is 0 Å². The fourth-order valence-corrected chi connectivity index (χ4v) is 8.59. The van der Waals surface area contributed by atoms with Crippen LogP contribution in [0.3, 0.4) is 0 Å². The van der Waals surface area contributed by atoms with Crippen LogP contribution in [-0.2, 0) is 10.8 Å². The highest BCUT2D eigenvalue weighted by Crippen LogP contribution is 2.48. The van der Waals surface area contributed by atoms with Gasteiger partial charge in [-0.15, -0.1) is 0 Å². The highest BCUT2D eigenvalue weighted by Gasteiger charge is 2.26. The van der Waals surface area contributed by atoms with Gasteiger partial charge < -0.3 is 19.7 Å². The second-order valence-corrected chi connectivity index (χ2v) is 19.5. The first-order chi connectivity index (χ1) is 28.1. The fourth-order valence-electron chi connectivity index (χ4n) is 8.59. The molecule has 4 heteroatoms. The maximum atomic E-state index is 12.1. The van der Waals surface area contributed by atoms with Crippen molar-refractivity contribution in [3.8, 4) is 67.5 Å². The molecule has 2 N–H and O–H groups in total. The number of benzene rings is 6. The lowest BCUT2D eigenvalue weighted by molar-refractivity contribution is 0.143. The third-order valence-corrected chi connectivity index (χ3v) is 12.0. The largest absolute Gasteiger partial charge is 0.507 e. The summed E-state index contributed by atoms with van der Waals surface area (Å²) < 4.78 is 13.5. The predicted molar refractivity (Wildman–Crippen MR) is 253 cm³/mol. The first-order valence-electron chi connectivity index (χ1n) is 21.5. The van der Waals surface area contributed by atoms with Gasteiger partial charge in [-0.25, -0.2) is 0 Å². The van der Waals surface area contributed by atoms with Crippen LogP contribution < -0.4 is 9.47 Å². The van der Waals surface area contributed by atoms with Crippen LogP contribution in [0.4, 0.5) is 0 Å². The summed E-state index contributed by atoms with van der Waals surface area (Å²) in [7, 11) is 0. The lowest BCUT2D eigenvalue weighted by Crippen LogP contribution is -2.25. The maximum Gasteiger partial charge on any atom is 0.131 e. The zero-order valence-electron chi connectivity index (χ0n) is 38.5. The van der Waals surface area contributed by atoms with Gasteiger partial charge in [0.05, 0.1) is 13.2 Å². The summed E-state index contributed by atoms with van der Waals surface area (Å²) in [5.74, 6) is 2.22. The molecule has 314 valence electrons. The maximum absolute atomic E-state index is 12.1. The molecule has 0 radical (unpaired) electrons. The SMILES string of the molecule is Cc1cc(C)c(-c2cc(C(C)(C)C)cc(-c3ccccc3OCC(COc3ccccc3-c3cc(C(C)(C)C)cc(-c4c(C)cc(C)cc4C)c3O)C(C)C)c2O)c(C)c1. The van der Waals surface area contributed by atoms with E-state index in [1.54, 1.807) is 0 Å². The summed E-state index contributed by atoms with van der Waals surface area (Å²) in [6, 6.07) is 33.3. The van der Waals surface area contributed by atoms with Crippen molar-refractivity contribution in [2.45, 2.75) is 108 Å². The van der Waals surface area contributed by atoms with Crippen LogP contribution in [0, 0.1) is 53.4 Å². The lowest BCUT2D eigenvalue weighted by Gasteiger charge is -2.26. The van der Waals surface area contributed by atoms with Gasteiger partial charge in [0.2, 0.25) is 0 Å². The molecule has 0 aliphatic carbocycles. The van der Waals surface area contributed by atoms with Crippen molar-refractivity contribution in [3.05, 3.63) is 142 Å². The number of phenolic OH excluding ortho intramolecular Hbond substituents is 2. The Labute approximate surface area is 360 Å². The average Bonchev–Trinajstić information content (AvgIpc) is 3.14. The highest BCUT2D eigenvalue weighted by molar-refractivity contribution is 5.89. The van der Waals surface area contributed by atoms with Gasteiger partial charge in [-0.1, -0.05) is 127 Å². The molecule has 0 heterocycles. The molecule has 0 aromatic heterocycles. The number of rotatable bonds is 11. The van der Waals surface area contributed by atoms with Gasteiger partial charge in [0.25, 0.3) is 0 Å². The fraction of sp³-hybridized carbons (Fsp3) is 0.357. The minimum Gasteiger partial charge on any atom is -0.507 e. The van der Waals surface area contributed by atoms with E-state index in [1.807, 2.05) is 48.5 Å². The van der Waals surface area contributed by atoms with Gasteiger partial charge in [0.15, 0.2) is 0 Å². The minimum atomic E-state index is -0.152. The van der Waals surface area contributed by atoms with Crippen LogP contribution in [0.25, 0.3) is 44.5 Å². The smallest absolute Gasteiger partial charge is 0.131 e. The molecule has 60 heavy (non-hydrogen) atoms. The molecule has 6 aromatic carbocycles. The van der Waals surface area contributed by atoms with Crippen molar-refractivity contribution in [3.63, 3.8) is 0 Å². The third-order valence-electron chi connectivity index (χ3n) is 12.0. The molecular formula is C56H66O4. The van der Waals surface area contributed by atoms with Crippen molar-refractivity contribution in [1.82, 2.24) is 0 Å². The Hall–Kier alpha value is -5.48. The van der Waals surface area contributed by atoms with E-state index in [1.165, 1.54) is 11.1 Å². The molecule has 0 atom stereocenters. The van der Waals surface area contributed by atoms with Crippen LogP contribution in [0.15, 0.2) is 97.1 Å². The highest BCUT2D eigenvalue weighted by atomic mass is 16.5. The van der Waals surface area contributed by atoms with Gasteiger partial charge in [-0.3, -0.25) is 0 Å². The van der Waals surface area contributed by atoms with Gasteiger partial charge in [0, 0.05) is 39.3 Å². The summed E-state index contributed by atoms with van der Waals surface area (Å²) >= 11 is 0. The average molecular weight is 803 g/mol. The third kappa shape index (κ3) is 9.29. The predicted octanol–water partition coefficient (Wildman–Crippen LogP) is 14.9. The van der Waals surface area contributed by atoms with Crippen LogP contribution >= 0.6 is 0 Å². The van der Waals surface area contributed by atoms with Crippen molar-refractivity contribution in [2.75, 3.05) is 13.2 Å². The molecule has 0 spiro atoms. The Balaban J connectivity index is 1.33. The Bertz CT molecular complexity index is 2310. The summed E-state index contributed by atoms with van der Waals surface area (Å²) in [4.78, 5) is 0. The van der Waals surface area contributed by atoms with Gasteiger partial charge in [-0.2, -0.15) is 0 Å². The molecule has 0 bridgehead atoms. The second kappa shape index (κ2) is 17.2. The molecule has 0 amide bonds. The van der Waals surface area contributed by atoms with Gasteiger partial charge in [0.1, 0.15) is 23.0 Å². The first kappa shape index (κ1) is 44.1.